The second-order valence-corrected chi connectivity index (χ2v) is 6.72. The summed E-state index contributed by atoms with van der Waals surface area (Å²) in [6.07, 6.45) is 2.46. The minimum atomic E-state index is -0.726. The zero-order chi connectivity index (χ0) is 14.9. The van der Waals surface area contributed by atoms with E-state index in [1.54, 1.807) is 7.11 Å². The van der Waals surface area contributed by atoms with Gasteiger partial charge < -0.3 is 9.84 Å². The van der Waals surface area contributed by atoms with Crippen molar-refractivity contribution in [1.29, 1.82) is 0 Å². The summed E-state index contributed by atoms with van der Waals surface area (Å²) in [4.78, 5) is 11.2. The minimum Gasteiger partial charge on any atom is -0.496 e. The van der Waals surface area contributed by atoms with Crippen molar-refractivity contribution in [2.45, 2.75) is 44.9 Å². The van der Waals surface area contributed by atoms with E-state index in [0.29, 0.717) is 11.8 Å². The van der Waals surface area contributed by atoms with Gasteiger partial charge in [0.2, 0.25) is 0 Å². The molecule has 0 heterocycles. The number of hydrogen-bond acceptors (Lipinski definition) is 2. The van der Waals surface area contributed by atoms with Gasteiger partial charge in [-0.3, -0.25) is 4.79 Å². The summed E-state index contributed by atoms with van der Waals surface area (Å²) < 4.78 is 6.45. The average Bonchev–Trinajstić information content (AvgIpc) is 3.18. The summed E-state index contributed by atoms with van der Waals surface area (Å²) in [5.41, 5.74) is 2.28. The van der Waals surface area contributed by atoms with Crippen molar-refractivity contribution in [3.8, 4) is 5.75 Å². The molecule has 0 spiro atoms. The first-order chi connectivity index (χ1) is 9.43. The second kappa shape index (κ2) is 6.17. The SMILES string of the molecule is COc1cc(Br)cc(C(CC(=O)O)C2CC2)c1C(C)C. The van der Waals surface area contributed by atoms with Crippen LogP contribution in [0.2, 0.25) is 0 Å². The minimum absolute atomic E-state index is 0.0938. The maximum atomic E-state index is 11.2. The number of carboxylic acids is 1. The van der Waals surface area contributed by atoms with Crippen molar-refractivity contribution in [3.63, 3.8) is 0 Å². The second-order valence-electron chi connectivity index (χ2n) is 5.81. The first-order valence-electron chi connectivity index (χ1n) is 7.03. The number of carbonyl (C=O) groups is 1. The Hall–Kier alpha value is -1.03. The van der Waals surface area contributed by atoms with E-state index < -0.39 is 5.97 Å². The number of carboxylic acid groups (broad SMARTS) is 1. The van der Waals surface area contributed by atoms with Gasteiger partial charge in [0.05, 0.1) is 13.5 Å². The third-order valence-electron chi connectivity index (χ3n) is 3.92. The quantitative estimate of drug-likeness (QED) is 0.826. The Morgan fingerprint density at radius 3 is 2.55 bits per heavy atom. The molecule has 1 aliphatic rings. The lowest BCUT2D eigenvalue weighted by atomic mass is 9.83. The van der Waals surface area contributed by atoms with Crippen LogP contribution in [0.1, 0.15) is 56.1 Å². The predicted octanol–water partition coefficient (Wildman–Crippen LogP) is 4.55. The molecule has 0 amide bonds. The Labute approximate surface area is 128 Å². The molecule has 0 bridgehead atoms. The molecule has 110 valence electrons. The van der Waals surface area contributed by atoms with Crippen molar-refractivity contribution in [1.82, 2.24) is 0 Å². The molecule has 1 atom stereocenters. The number of aliphatic carboxylic acids is 1. The monoisotopic (exact) mass is 340 g/mol. The maximum Gasteiger partial charge on any atom is 0.303 e. The Kier molecular flexibility index (Phi) is 4.74. The highest BCUT2D eigenvalue weighted by atomic mass is 79.9. The first-order valence-corrected chi connectivity index (χ1v) is 7.82. The smallest absolute Gasteiger partial charge is 0.303 e. The largest absolute Gasteiger partial charge is 0.496 e. The normalized spacial score (nSPS) is 16.2. The molecular weight excluding hydrogens is 320 g/mol. The zero-order valence-corrected chi connectivity index (χ0v) is 13.7. The van der Waals surface area contributed by atoms with Gasteiger partial charge in [0, 0.05) is 10.0 Å². The third kappa shape index (κ3) is 3.35. The molecule has 0 saturated heterocycles. The Balaban J connectivity index is 2.51. The Morgan fingerprint density at radius 2 is 2.10 bits per heavy atom. The van der Waals surface area contributed by atoms with Crippen LogP contribution in [0.25, 0.3) is 0 Å². The van der Waals surface area contributed by atoms with E-state index >= 15 is 0 Å². The summed E-state index contributed by atoms with van der Waals surface area (Å²) in [5, 5.41) is 9.20. The highest BCUT2D eigenvalue weighted by Gasteiger charge is 2.36. The summed E-state index contributed by atoms with van der Waals surface area (Å²) in [5.74, 6) is 1.03. The molecule has 0 radical (unpaired) electrons. The van der Waals surface area contributed by atoms with Gasteiger partial charge in [0.1, 0.15) is 5.75 Å². The third-order valence-corrected chi connectivity index (χ3v) is 4.38. The van der Waals surface area contributed by atoms with Gasteiger partial charge in [-0.05, 0) is 48.3 Å². The van der Waals surface area contributed by atoms with Crippen molar-refractivity contribution in [2.75, 3.05) is 7.11 Å². The lowest BCUT2D eigenvalue weighted by Gasteiger charge is -2.23. The number of methoxy groups -OCH3 is 1. The van der Waals surface area contributed by atoms with Gasteiger partial charge in [-0.25, -0.2) is 0 Å². The standard InChI is InChI=1S/C16H21BrO3/c1-9(2)16-13(6-11(17)7-14(16)20-3)12(8-15(18)19)10-4-5-10/h6-7,9-10,12H,4-5,8H2,1-3H3,(H,18,19). The molecule has 1 saturated carbocycles. The molecule has 2 rings (SSSR count). The van der Waals surface area contributed by atoms with Crippen LogP contribution in [-0.4, -0.2) is 18.2 Å². The lowest BCUT2D eigenvalue weighted by molar-refractivity contribution is -0.137. The fraction of sp³-hybridized carbons (Fsp3) is 0.562. The topological polar surface area (TPSA) is 46.5 Å². The number of rotatable bonds is 6. The molecule has 0 aromatic heterocycles. The number of halogens is 1. The summed E-state index contributed by atoms with van der Waals surface area (Å²) in [7, 11) is 1.67. The van der Waals surface area contributed by atoms with Crippen molar-refractivity contribution in [3.05, 3.63) is 27.7 Å². The van der Waals surface area contributed by atoms with Crippen LogP contribution < -0.4 is 4.74 Å². The van der Waals surface area contributed by atoms with Crippen LogP contribution >= 0.6 is 15.9 Å². The van der Waals surface area contributed by atoms with E-state index in [1.165, 1.54) is 0 Å². The van der Waals surface area contributed by atoms with Crippen molar-refractivity contribution in [2.24, 2.45) is 5.92 Å². The predicted molar refractivity (Wildman–Crippen MR) is 82.5 cm³/mol. The van der Waals surface area contributed by atoms with Crippen molar-refractivity contribution < 1.29 is 14.6 Å². The van der Waals surface area contributed by atoms with E-state index in [2.05, 4.69) is 35.8 Å². The van der Waals surface area contributed by atoms with Gasteiger partial charge in [0.15, 0.2) is 0 Å². The Bertz CT molecular complexity index is 507. The van der Waals surface area contributed by atoms with Gasteiger partial charge in [-0.15, -0.1) is 0 Å². The van der Waals surface area contributed by atoms with Crippen LogP contribution in [-0.2, 0) is 4.79 Å². The number of hydrogen-bond donors (Lipinski definition) is 1. The molecule has 3 nitrogen and oxygen atoms in total. The van der Waals surface area contributed by atoms with E-state index in [1.807, 2.05) is 6.07 Å². The molecule has 1 fully saturated rings. The van der Waals surface area contributed by atoms with Gasteiger partial charge in [-0.2, -0.15) is 0 Å². The van der Waals surface area contributed by atoms with Crippen LogP contribution in [0.4, 0.5) is 0 Å². The maximum absolute atomic E-state index is 11.2. The van der Waals surface area contributed by atoms with Crippen LogP contribution in [0.5, 0.6) is 5.75 Å². The van der Waals surface area contributed by atoms with E-state index in [-0.39, 0.29) is 12.3 Å². The molecule has 1 N–H and O–H groups in total. The highest BCUT2D eigenvalue weighted by Crippen LogP contribution is 2.48. The number of ether oxygens (including phenoxy) is 1. The van der Waals surface area contributed by atoms with Crippen LogP contribution in [0, 0.1) is 5.92 Å². The molecule has 1 aromatic carbocycles. The summed E-state index contributed by atoms with van der Waals surface area (Å²) >= 11 is 3.51. The summed E-state index contributed by atoms with van der Waals surface area (Å²) in [6.45, 7) is 4.25. The van der Waals surface area contributed by atoms with E-state index in [4.69, 9.17) is 4.74 Å². The molecule has 1 aromatic rings. The molecule has 1 unspecified atom stereocenters. The first kappa shape index (κ1) is 15.4. The molecule has 1 aliphatic carbocycles. The molecular formula is C16H21BrO3. The van der Waals surface area contributed by atoms with E-state index in [0.717, 1.165) is 34.2 Å². The Morgan fingerprint density at radius 1 is 1.45 bits per heavy atom. The van der Waals surface area contributed by atoms with Gasteiger partial charge >= 0.3 is 5.97 Å². The fourth-order valence-corrected chi connectivity index (χ4v) is 3.38. The fourth-order valence-electron chi connectivity index (χ4n) is 2.92. The van der Waals surface area contributed by atoms with Crippen molar-refractivity contribution >= 4 is 21.9 Å². The molecule has 0 aliphatic heterocycles. The lowest BCUT2D eigenvalue weighted by Crippen LogP contribution is -2.12. The van der Waals surface area contributed by atoms with Gasteiger partial charge in [-0.1, -0.05) is 29.8 Å². The van der Waals surface area contributed by atoms with Crippen LogP contribution in [0.15, 0.2) is 16.6 Å². The molecule has 20 heavy (non-hydrogen) atoms. The zero-order valence-electron chi connectivity index (χ0n) is 12.1. The van der Waals surface area contributed by atoms with Gasteiger partial charge in [0.25, 0.3) is 0 Å². The van der Waals surface area contributed by atoms with E-state index in [9.17, 15) is 9.90 Å². The highest BCUT2D eigenvalue weighted by molar-refractivity contribution is 9.10. The summed E-state index contributed by atoms with van der Waals surface area (Å²) in [6, 6.07) is 4.04. The molecule has 4 heteroatoms. The number of benzene rings is 1. The van der Waals surface area contributed by atoms with Crippen LogP contribution in [0.3, 0.4) is 0 Å². The average molecular weight is 341 g/mol.